The van der Waals surface area contributed by atoms with Gasteiger partial charge < -0.3 is 9.51 Å². The van der Waals surface area contributed by atoms with E-state index in [1.807, 2.05) is 6.07 Å². The highest BCUT2D eigenvalue weighted by molar-refractivity contribution is 7.99. The van der Waals surface area contributed by atoms with Gasteiger partial charge >= 0.3 is 0 Å². The fraction of sp³-hybridized carbons (Fsp3) is 0.364. The largest absolute Gasteiger partial charge is 0.352 e. The van der Waals surface area contributed by atoms with Gasteiger partial charge in [0, 0.05) is 6.20 Å². The third kappa shape index (κ3) is 2.88. The predicted molar refractivity (Wildman–Crippen MR) is 65.2 cm³/mol. The number of nitrogens with one attached hydrogen (secondary N) is 1. The molecule has 0 saturated heterocycles. The zero-order chi connectivity index (χ0) is 12.3. The first-order valence-corrected chi connectivity index (χ1v) is 6.27. The zero-order valence-corrected chi connectivity index (χ0v) is 10.4. The number of rotatable bonds is 4. The van der Waals surface area contributed by atoms with E-state index in [1.165, 1.54) is 0 Å². The maximum atomic E-state index is 8.70. The minimum atomic E-state index is 0.446. The monoisotopic (exact) mass is 248 g/mol. The van der Waals surface area contributed by atoms with E-state index in [0.29, 0.717) is 22.7 Å². The summed E-state index contributed by atoms with van der Waals surface area (Å²) in [5.74, 6) is 1.86. The van der Waals surface area contributed by atoms with Gasteiger partial charge in [-0.25, -0.2) is 0 Å². The van der Waals surface area contributed by atoms with E-state index >= 15 is 0 Å². The maximum absolute atomic E-state index is 8.70. The Morgan fingerprint density at radius 2 is 2.41 bits per heavy atom. The Balaban J connectivity index is 2.10. The smallest absolute Gasteiger partial charge is 0.259 e. The van der Waals surface area contributed by atoms with E-state index in [-0.39, 0.29) is 0 Å². The minimum Gasteiger partial charge on any atom is -0.352 e. The number of hydrogen-bond acceptors (Lipinski definition) is 5. The molecule has 0 spiro atoms. The van der Waals surface area contributed by atoms with Gasteiger partial charge in [-0.1, -0.05) is 19.0 Å². The fourth-order valence-corrected chi connectivity index (χ4v) is 1.85. The molecule has 0 bridgehead atoms. The van der Waals surface area contributed by atoms with Crippen LogP contribution in [0.3, 0.4) is 0 Å². The SMILES string of the molecule is CC(C)SCc1noc(-c2c[nH]c(C#N)c2)n1. The van der Waals surface area contributed by atoms with Crippen molar-refractivity contribution in [1.82, 2.24) is 15.1 Å². The van der Waals surface area contributed by atoms with Crippen molar-refractivity contribution in [2.45, 2.75) is 24.9 Å². The summed E-state index contributed by atoms with van der Waals surface area (Å²) >= 11 is 1.76. The topological polar surface area (TPSA) is 78.5 Å². The highest BCUT2D eigenvalue weighted by Gasteiger charge is 2.11. The van der Waals surface area contributed by atoms with Crippen molar-refractivity contribution in [3.05, 3.63) is 23.8 Å². The molecule has 6 heteroatoms. The summed E-state index contributed by atoms with van der Waals surface area (Å²) < 4.78 is 5.14. The molecule has 0 aliphatic carbocycles. The molecular weight excluding hydrogens is 236 g/mol. The number of H-pyrrole nitrogens is 1. The number of nitriles is 1. The third-order valence-corrected chi connectivity index (χ3v) is 3.16. The van der Waals surface area contributed by atoms with E-state index < -0.39 is 0 Å². The molecule has 0 radical (unpaired) electrons. The van der Waals surface area contributed by atoms with Crippen molar-refractivity contribution >= 4 is 11.8 Å². The van der Waals surface area contributed by atoms with Crippen LogP contribution in [0.1, 0.15) is 25.4 Å². The van der Waals surface area contributed by atoms with Crippen LogP contribution < -0.4 is 0 Å². The number of thioether (sulfide) groups is 1. The van der Waals surface area contributed by atoms with Crippen molar-refractivity contribution in [3.63, 3.8) is 0 Å². The quantitative estimate of drug-likeness (QED) is 0.899. The second-order valence-corrected chi connectivity index (χ2v) is 5.35. The lowest BCUT2D eigenvalue weighted by atomic mass is 10.3. The molecule has 0 amide bonds. The van der Waals surface area contributed by atoms with E-state index in [0.717, 1.165) is 11.3 Å². The summed E-state index contributed by atoms with van der Waals surface area (Å²) in [6, 6.07) is 3.70. The summed E-state index contributed by atoms with van der Waals surface area (Å²) in [7, 11) is 0. The summed E-state index contributed by atoms with van der Waals surface area (Å²) in [4.78, 5) is 7.09. The lowest BCUT2D eigenvalue weighted by Gasteiger charge is -1.98. The molecule has 2 aromatic rings. The molecule has 17 heavy (non-hydrogen) atoms. The number of nitrogens with zero attached hydrogens (tertiary/aromatic N) is 3. The van der Waals surface area contributed by atoms with E-state index in [9.17, 15) is 0 Å². The van der Waals surface area contributed by atoms with Crippen molar-refractivity contribution in [2.24, 2.45) is 0 Å². The van der Waals surface area contributed by atoms with Crippen molar-refractivity contribution in [2.75, 3.05) is 0 Å². The summed E-state index contributed by atoms with van der Waals surface area (Å²) in [5, 5.41) is 13.1. The molecule has 2 rings (SSSR count). The van der Waals surface area contributed by atoms with Gasteiger partial charge in [-0.05, 0) is 11.3 Å². The Morgan fingerprint density at radius 3 is 3.06 bits per heavy atom. The average Bonchev–Trinajstić information content (AvgIpc) is 2.94. The molecule has 88 valence electrons. The van der Waals surface area contributed by atoms with E-state index in [1.54, 1.807) is 24.0 Å². The van der Waals surface area contributed by atoms with E-state index in [2.05, 4.69) is 29.0 Å². The Labute approximate surface area is 103 Å². The van der Waals surface area contributed by atoms with Crippen LogP contribution in [-0.2, 0) is 5.75 Å². The standard InChI is InChI=1S/C11H12N4OS/c1-7(2)17-6-10-14-11(16-15-10)8-3-9(4-12)13-5-8/h3,5,7,13H,6H2,1-2H3. The first-order chi connectivity index (χ1) is 8.19. The van der Waals surface area contributed by atoms with Gasteiger partial charge in [0.05, 0.1) is 11.3 Å². The summed E-state index contributed by atoms with van der Waals surface area (Å²) in [5.41, 5.74) is 1.23. The molecule has 0 fully saturated rings. The van der Waals surface area contributed by atoms with Gasteiger partial charge in [0.15, 0.2) is 5.82 Å². The van der Waals surface area contributed by atoms with Gasteiger partial charge in [-0.3, -0.25) is 0 Å². The van der Waals surface area contributed by atoms with E-state index in [4.69, 9.17) is 9.78 Å². The van der Waals surface area contributed by atoms with Gasteiger partial charge in [0.2, 0.25) is 0 Å². The number of aromatic amines is 1. The second-order valence-electron chi connectivity index (χ2n) is 3.79. The average molecular weight is 248 g/mol. The Bertz CT molecular complexity index is 538. The normalized spacial score (nSPS) is 10.7. The molecule has 2 heterocycles. The first-order valence-electron chi connectivity index (χ1n) is 5.22. The highest BCUT2D eigenvalue weighted by atomic mass is 32.2. The molecule has 0 atom stereocenters. The Hall–Kier alpha value is -1.74. The fourth-order valence-electron chi connectivity index (χ4n) is 1.25. The number of aromatic nitrogens is 3. The van der Waals surface area contributed by atoms with Crippen LogP contribution in [0.5, 0.6) is 0 Å². The summed E-state index contributed by atoms with van der Waals surface area (Å²) in [6.45, 7) is 4.24. The maximum Gasteiger partial charge on any atom is 0.259 e. The molecule has 0 saturated carbocycles. The van der Waals surface area contributed by atoms with Crippen molar-refractivity contribution < 1.29 is 4.52 Å². The predicted octanol–water partition coefficient (Wildman–Crippen LogP) is 2.58. The Morgan fingerprint density at radius 1 is 1.59 bits per heavy atom. The van der Waals surface area contributed by atoms with Crippen LogP contribution in [0.25, 0.3) is 11.5 Å². The molecule has 5 nitrogen and oxygen atoms in total. The van der Waals surface area contributed by atoms with Crippen LogP contribution >= 0.6 is 11.8 Å². The van der Waals surface area contributed by atoms with Gasteiger partial charge in [-0.2, -0.15) is 22.0 Å². The summed E-state index contributed by atoms with van der Waals surface area (Å²) in [6.07, 6.45) is 1.69. The van der Waals surface area contributed by atoms with Crippen LogP contribution in [-0.4, -0.2) is 20.4 Å². The van der Waals surface area contributed by atoms with Gasteiger partial charge in [0.25, 0.3) is 5.89 Å². The van der Waals surface area contributed by atoms with Crippen molar-refractivity contribution in [3.8, 4) is 17.5 Å². The van der Waals surface area contributed by atoms with Crippen molar-refractivity contribution in [1.29, 1.82) is 5.26 Å². The number of hydrogen-bond donors (Lipinski definition) is 1. The van der Waals surface area contributed by atoms with Crippen LogP contribution in [0.4, 0.5) is 0 Å². The van der Waals surface area contributed by atoms with Gasteiger partial charge in [0.1, 0.15) is 11.8 Å². The molecular formula is C11H12N4OS. The second kappa shape index (κ2) is 5.06. The molecule has 2 aromatic heterocycles. The molecule has 0 unspecified atom stereocenters. The molecule has 0 aromatic carbocycles. The first kappa shape index (κ1) is 11.7. The third-order valence-electron chi connectivity index (χ3n) is 2.06. The van der Waals surface area contributed by atoms with Gasteiger partial charge in [-0.15, -0.1) is 0 Å². The zero-order valence-electron chi connectivity index (χ0n) is 9.60. The highest BCUT2D eigenvalue weighted by Crippen LogP contribution is 2.20. The van der Waals surface area contributed by atoms with Crippen LogP contribution in [0, 0.1) is 11.3 Å². The lowest BCUT2D eigenvalue weighted by molar-refractivity contribution is 0.425. The Kier molecular flexibility index (Phi) is 3.49. The van der Waals surface area contributed by atoms with Crippen LogP contribution in [0.2, 0.25) is 0 Å². The van der Waals surface area contributed by atoms with Crippen LogP contribution in [0.15, 0.2) is 16.8 Å². The minimum absolute atomic E-state index is 0.446. The molecule has 0 aliphatic heterocycles. The molecule has 1 N–H and O–H groups in total. The lowest BCUT2D eigenvalue weighted by Crippen LogP contribution is -1.90. The molecule has 0 aliphatic rings.